The van der Waals surface area contributed by atoms with Gasteiger partial charge in [-0.25, -0.2) is 0 Å². The predicted octanol–water partition coefficient (Wildman–Crippen LogP) is 3.73. The van der Waals surface area contributed by atoms with E-state index >= 15 is 0 Å². The lowest BCUT2D eigenvalue weighted by molar-refractivity contribution is -0.274. The molecule has 156 valence electrons. The third-order valence-electron chi connectivity index (χ3n) is 5.66. The molecule has 5 nitrogen and oxygen atoms in total. The van der Waals surface area contributed by atoms with Crippen LogP contribution in [0.2, 0.25) is 0 Å². The Morgan fingerprint density at radius 3 is 2.34 bits per heavy atom. The lowest BCUT2D eigenvalue weighted by atomic mass is 9.97. The van der Waals surface area contributed by atoms with Crippen molar-refractivity contribution in [3.63, 3.8) is 0 Å². The maximum absolute atomic E-state index is 12.3. The summed E-state index contributed by atoms with van der Waals surface area (Å²) in [7, 11) is 0. The Kier molecular flexibility index (Phi) is 5.54. The summed E-state index contributed by atoms with van der Waals surface area (Å²) in [5.74, 6) is 0.0543. The highest BCUT2D eigenvalue weighted by atomic mass is 19.4. The normalized spacial score (nSPS) is 18.0. The van der Waals surface area contributed by atoms with Gasteiger partial charge in [-0.15, -0.1) is 13.2 Å². The molecule has 1 aliphatic heterocycles. The van der Waals surface area contributed by atoms with Crippen molar-refractivity contribution in [3.05, 3.63) is 47.8 Å². The smallest absolute Gasteiger partial charge is 0.406 e. The summed E-state index contributed by atoms with van der Waals surface area (Å²) in [6.07, 6.45) is -0.0897. The lowest BCUT2D eigenvalue weighted by Crippen LogP contribution is -2.47. The van der Waals surface area contributed by atoms with Crippen LogP contribution in [0.5, 0.6) is 5.75 Å². The molecule has 0 radical (unpaired) electrons. The molecule has 2 aliphatic rings. The second-order valence-corrected chi connectivity index (χ2v) is 7.52. The van der Waals surface area contributed by atoms with Crippen LogP contribution >= 0.6 is 0 Å². The molecule has 0 spiro atoms. The number of ether oxygens (including phenoxy) is 1. The minimum atomic E-state index is -4.67. The van der Waals surface area contributed by atoms with Crippen LogP contribution in [0.15, 0.2) is 36.5 Å². The SMILES string of the molecule is O=C1CCCc2c1ccn2CCN1CCN(c2ccc(OC(F)(F)F)cc2)CC1. The summed E-state index contributed by atoms with van der Waals surface area (Å²) < 4.78 is 42.9. The second-order valence-electron chi connectivity index (χ2n) is 7.52. The largest absolute Gasteiger partial charge is 0.573 e. The molecule has 0 amide bonds. The summed E-state index contributed by atoms with van der Waals surface area (Å²) in [4.78, 5) is 16.5. The van der Waals surface area contributed by atoms with E-state index in [2.05, 4.69) is 19.1 Å². The first-order valence-electron chi connectivity index (χ1n) is 9.93. The topological polar surface area (TPSA) is 37.7 Å². The van der Waals surface area contributed by atoms with Gasteiger partial charge in [0.1, 0.15) is 5.75 Å². The van der Waals surface area contributed by atoms with Crippen LogP contribution in [0.4, 0.5) is 18.9 Å². The van der Waals surface area contributed by atoms with Gasteiger partial charge in [0.05, 0.1) is 0 Å². The third-order valence-corrected chi connectivity index (χ3v) is 5.66. The molecule has 2 heterocycles. The zero-order valence-electron chi connectivity index (χ0n) is 16.1. The Labute approximate surface area is 167 Å². The number of carbonyl (C=O) groups excluding carboxylic acids is 1. The quantitative estimate of drug-likeness (QED) is 0.757. The standard InChI is InChI=1S/C21H24F3N3O2/c22-21(23,24)29-17-6-4-16(5-7-17)26-13-10-25(11-14-26)12-15-27-9-8-18-19(27)2-1-3-20(18)28/h4-9H,1-3,10-15H2. The van der Waals surface area contributed by atoms with E-state index in [1.54, 1.807) is 12.1 Å². The first-order valence-corrected chi connectivity index (χ1v) is 9.93. The number of nitrogens with zero attached hydrogens (tertiary/aromatic N) is 3. The number of anilines is 1. The number of hydrogen-bond donors (Lipinski definition) is 0. The number of ketones is 1. The first-order chi connectivity index (χ1) is 13.9. The summed E-state index contributed by atoms with van der Waals surface area (Å²) in [6.45, 7) is 5.21. The molecule has 8 heteroatoms. The van der Waals surface area contributed by atoms with Crippen molar-refractivity contribution >= 4 is 11.5 Å². The molecule has 1 aromatic carbocycles. The van der Waals surface area contributed by atoms with E-state index in [1.165, 1.54) is 17.8 Å². The number of Topliss-reactive ketones (excluding diaryl/α,β-unsaturated/α-hetero) is 1. The first kappa shape index (κ1) is 19.8. The number of benzene rings is 1. The Morgan fingerprint density at radius 1 is 0.931 bits per heavy atom. The molecule has 0 unspecified atom stereocenters. The van der Waals surface area contributed by atoms with Crippen molar-refractivity contribution in [2.45, 2.75) is 32.2 Å². The van der Waals surface area contributed by atoms with Crippen LogP contribution in [0, 0.1) is 0 Å². The van der Waals surface area contributed by atoms with E-state index in [0.29, 0.717) is 6.42 Å². The van der Waals surface area contributed by atoms with E-state index < -0.39 is 6.36 Å². The summed E-state index contributed by atoms with van der Waals surface area (Å²) >= 11 is 0. The minimum absolute atomic E-state index is 0.201. The molecule has 1 aromatic heterocycles. The van der Waals surface area contributed by atoms with Crippen LogP contribution in [0.25, 0.3) is 0 Å². The molecule has 29 heavy (non-hydrogen) atoms. The number of aromatic nitrogens is 1. The average Bonchev–Trinajstić information content (AvgIpc) is 3.11. The average molecular weight is 407 g/mol. The Morgan fingerprint density at radius 2 is 1.66 bits per heavy atom. The highest BCUT2D eigenvalue weighted by molar-refractivity contribution is 5.98. The van der Waals surface area contributed by atoms with Crippen molar-refractivity contribution in [3.8, 4) is 5.75 Å². The van der Waals surface area contributed by atoms with Crippen molar-refractivity contribution in [2.24, 2.45) is 0 Å². The zero-order valence-corrected chi connectivity index (χ0v) is 16.1. The molecule has 4 rings (SSSR count). The fraction of sp³-hybridized carbons (Fsp3) is 0.476. The minimum Gasteiger partial charge on any atom is -0.406 e. The van der Waals surface area contributed by atoms with Gasteiger partial charge >= 0.3 is 6.36 Å². The van der Waals surface area contributed by atoms with E-state index in [0.717, 1.165) is 63.4 Å². The van der Waals surface area contributed by atoms with Crippen LogP contribution in [-0.4, -0.2) is 54.3 Å². The van der Waals surface area contributed by atoms with Gasteiger partial charge in [0.25, 0.3) is 0 Å². The molecule has 0 bridgehead atoms. The maximum Gasteiger partial charge on any atom is 0.573 e. The van der Waals surface area contributed by atoms with E-state index in [4.69, 9.17) is 0 Å². The maximum atomic E-state index is 12.3. The van der Waals surface area contributed by atoms with Crippen LogP contribution in [0.1, 0.15) is 28.9 Å². The van der Waals surface area contributed by atoms with Gasteiger partial charge in [0.15, 0.2) is 5.78 Å². The number of halogens is 3. The number of alkyl halides is 3. The molecule has 0 N–H and O–H groups in total. The molecule has 0 atom stereocenters. The van der Waals surface area contributed by atoms with Crippen molar-refractivity contribution in [2.75, 3.05) is 37.6 Å². The van der Waals surface area contributed by atoms with Crippen molar-refractivity contribution < 1.29 is 22.7 Å². The summed E-state index contributed by atoms with van der Waals surface area (Å²) in [5.41, 5.74) is 2.96. The van der Waals surface area contributed by atoms with E-state index in [9.17, 15) is 18.0 Å². The van der Waals surface area contributed by atoms with Gasteiger partial charge in [0.2, 0.25) is 0 Å². The molecular formula is C21H24F3N3O2. The summed E-state index contributed by atoms with van der Waals surface area (Å²) in [5, 5.41) is 0. The van der Waals surface area contributed by atoms with E-state index in [-0.39, 0.29) is 11.5 Å². The molecule has 1 fully saturated rings. The lowest BCUT2D eigenvalue weighted by Gasteiger charge is -2.36. The Hall–Kier alpha value is -2.48. The monoisotopic (exact) mass is 407 g/mol. The van der Waals surface area contributed by atoms with Gasteiger partial charge in [-0.05, 0) is 43.2 Å². The predicted molar refractivity (Wildman–Crippen MR) is 103 cm³/mol. The fourth-order valence-electron chi connectivity index (χ4n) is 4.14. The molecule has 2 aromatic rings. The fourth-order valence-corrected chi connectivity index (χ4v) is 4.14. The van der Waals surface area contributed by atoms with Gasteiger partial charge in [-0.2, -0.15) is 0 Å². The van der Waals surface area contributed by atoms with Crippen molar-refractivity contribution in [1.82, 2.24) is 9.47 Å². The second kappa shape index (κ2) is 8.10. The molecule has 0 saturated carbocycles. The zero-order chi connectivity index (χ0) is 20.4. The third kappa shape index (κ3) is 4.75. The molecule has 1 saturated heterocycles. The number of rotatable bonds is 5. The van der Waals surface area contributed by atoms with Gasteiger partial charge < -0.3 is 14.2 Å². The van der Waals surface area contributed by atoms with Gasteiger partial charge in [-0.3, -0.25) is 9.69 Å². The summed E-state index contributed by atoms with van der Waals surface area (Å²) in [6, 6.07) is 7.98. The molecular weight excluding hydrogens is 383 g/mol. The van der Waals surface area contributed by atoms with E-state index in [1.807, 2.05) is 12.3 Å². The Balaban J connectivity index is 1.27. The van der Waals surface area contributed by atoms with Crippen LogP contribution in [0.3, 0.4) is 0 Å². The van der Waals surface area contributed by atoms with Gasteiger partial charge in [-0.1, -0.05) is 0 Å². The van der Waals surface area contributed by atoms with Crippen molar-refractivity contribution in [1.29, 1.82) is 0 Å². The number of hydrogen-bond acceptors (Lipinski definition) is 4. The molecule has 1 aliphatic carbocycles. The van der Waals surface area contributed by atoms with Gasteiger partial charge in [0, 0.05) is 68.8 Å². The number of piperazine rings is 1. The highest BCUT2D eigenvalue weighted by Gasteiger charge is 2.31. The number of fused-ring (bicyclic) bond motifs is 1. The van der Waals surface area contributed by atoms with Crippen LogP contribution < -0.4 is 9.64 Å². The highest BCUT2D eigenvalue weighted by Crippen LogP contribution is 2.26. The van der Waals surface area contributed by atoms with Crippen LogP contribution in [-0.2, 0) is 13.0 Å². The number of carbonyl (C=O) groups is 1. The Bertz CT molecular complexity index is 853.